The molecule has 0 bridgehead atoms. The van der Waals surface area contributed by atoms with Crippen molar-refractivity contribution in [2.45, 2.75) is 33.5 Å². The molecule has 48 heavy (non-hydrogen) atoms. The van der Waals surface area contributed by atoms with E-state index in [4.69, 9.17) is 42.9 Å². The summed E-state index contributed by atoms with van der Waals surface area (Å²) in [6.07, 6.45) is 8.67. The molecule has 4 aromatic rings. The first-order chi connectivity index (χ1) is 23.4. The molecule has 0 atom stereocenters. The normalized spacial score (nSPS) is 11.2. The molecule has 0 radical (unpaired) electrons. The third-order valence-electron chi connectivity index (χ3n) is 7.67. The van der Waals surface area contributed by atoms with E-state index in [9.17, 15) is 0 Å². The minimum atomic E-state index is 0.197. The molecule has 0 aliphatic carbocycles. The van der Waals surface area contributed by atoms with Crippen molar-refractivity contribution in [3.05, 3.63) is 93.8 Å². The van der Waals surface area contributed by atoms with Crippen LogP contribution in [0.1, 0.15) is 53.1 Å². The maximum atomic E-state index is 6.26. The van der Waals surface area contributed by atoms with Gasteiger partial charge in [-0.3, -0.25) is 0 Å². The number of nitrogens with zero attached hydrogens (tertiary/aromatic N) is 1. The number of aromatic nitrogens is 1. The average molecular weight is 656 g/mol. The van der Waals surface area contributed by atoms with Crippen molar-refractivity contribution in [2.75, 3.05) is 49.3 Å². The number of ether oxygens (including phenoxy) is 8. The molecular formula is C39H45NO8. The van der Waals surface area contributed by atoms with Crippen molar-refractivity contribution < 1.29 is 37.9 Å². The molecule has 0 amide bonds. The molecular weight excluding hydrogens is 610 g/mol. The molecule has 254 valence electrons. The van der Waals surface area contributed by atoms with Crippen LogP contribution in [0.25, 0.3) is 24.3 Å². The fraction of sp³-hybridized carbons (Fsp3) is 0.308. The Bertz CT molecular complexity index is 1680. The number of methoxy groups -OCH3 is 6. The number of rotatable bonds is 17. The minimum absolute atomic E-state index is 0.197. The topological polar surface area (TPSA) is 86.7 Å². The molecule has 0 spiro atoms. The second-order valence-corrected chi connectivity index (χ2v) is 10.6. The van der Waals surface area contributed by atoms with Gasteiger partial charge in [0.1, 0.15) is 29.6 Å². The summed E-state index contributed by atoms with van der Waals surface area (Å²) in [5.74, 6) is 4.49. The van der Waals surface area contributed by atoms with Crippen molar-refractivity contribution in [3.8, 4) is 40.2 Å². The van der Waals surface area contributed by atoms with Crippen molar-refractivity contribution in [3.63, 3.8) is 0 Å². The Morgan fingerprint density at radius 2 is 1.00 bits per heavy atom. The Morgan fingerprint density at radius 3 is 1.44 bits per heavy atom. The molecule has 0 aliphatic rings. The van der Waals surface area contributed by atoms with Crippen molar-refractivity contribution in [1.82, 2.24) is 4.98 Å². The lowest BCUT2D eigenvalue weighted by Crippen LogP contribution is -2.05. The summed E-state index contributed by atoms with van der Waals surface area (Å²) in [4.78, 5) is 4.79. The van der Waals surface area contributed by atoms with Crippen molar-refractivity contribution in [2.24, 2.45) is 0 Å². The van der Waals surface area contributed by atoms with E-state index in [0.29, 0.717) is 42.0 Å². The van der Waals surface area contributed by atoms with Crippen LogP contribution < -0.4 is 33.2 Å². The molecule has 4 rings (SSSR count). The Labute approximate surface area is 283 Å². The van der Waals surface area contributed by atoms with E-state index in [0.717, 1.165) is 57.1 Å². The van der Waals surface area contributed by atoms with Crippen LogP contribution in [-0.2, 0) is 24.4 Å². The van der Waals surface area contributed by atoms with E-state index < -0.39 is 0 Å². The zero-order valence-electron chi connectivity index (χ0n) is 29.0. The predicted octanol–water partition coefficient (Wildman–Crippen LogP) is 8.15. The molecule has 0 aliphatic heterocycles. The zero-order valence-corrected chi connectivity index (χ0v) is 29.0. The Morgan fingerprint density at radius 1 is 0.542 bits per heavy atom. The first-order valence-corrected chi connectivity index (χ1v) is 15.7. The SMILES string of the molecule is CCOCc1cc(OC)c(COc2c(OC)cc(C=Cc3cccc(C=Cc4cc(OC)c(CC)c(OC)c4)n3)cc2OC)cc1OC. The Kier molecular flexibility index (Phi) is 13.1. The van der Waals surface area contributed by atoms with Gasteiger partial charge in [0.05, 0.1) is 60.7 Å². The van der Waals surface area contributed by atoms with Gasteiger partial charge in [0.25, 0.3) is 0 Å². The molecule has 1 aromatic heterocycles. The molecule has 3 aromatic carbocycles. The second kappa shape index (κ2) is 17.7. The third-order valence-corrected chi connectivity index (χ3v) is 7.67. The second-order valence-electron chi connectivity index (χ2n) is 10.6. The van der Waals surface area contributed by atoms with Gasteiger partial charge in [0.15, 0.2) is 11.5 Å². The summed E-state index contributed by atoms with van der Waals surface area (Å²) >= 11 is 0. The van der Waals surface area contributed by atoms with Crippen molar-refractivity contribution >= 4 is 24.3 Å². The van der Waals surface area contributed by atoms with Crippen LogP contribution in [0, 0.1) is 0 Å². The fourth-order valence-electron chi connectivity index (χ4n) is 5.22. The van der Waals surface area contributed by atoms with Crippen LogP contribution in [0.5, 0.6) is 40.2 Å². The number of hydrogen-bond donors (Lipinski definition) is 0. The van der Waals surface area contributed by atoms with E-state index in [1.54, 1.807) is 42.7 Å². The highest BCUT2D eigenvalue weighted by molar-refractivity contribution is 5.74. The predicted molar refractivity (Wildman–Crippen MR) is 190 cm³/mol. The fourth-order valence-corrected chi connectivity index (χ4v) is 5.22. The lowest BCUT2D eigenvalue weighted by Gasteiger charge is -2.18. The van der Waals surface area contributed by atoms with Crippen LogP contribution in [-0.4, -0.2) is 54.2 Å². The van der Waals surface area contributed by atoms with E-state index in [2.05, 4.69) is 6.92 Å². The Hall–Kier alpha value is -5.15. The molecule has 9 heteroatoms. The van der Waals surface area contributed by atoms with E-state index >= 15 is 0 Å². The van der Waals surface area contributed by atoms with E-state index in [1.807, 2.05) is 85.8 Å². The molecule has 0 saturated heterocycles. The summed E-state index contributed by atoms with van der Waals surface area (Å²) in [5, 5.41) is 0. The lowest BCUT2D eigenvalue weighted by molar-refractivity contribution is 0.131. The zero-order chi connectivity index (χ0) is 34.5. The summed E-state index contributed by atoms with van der Waals surface area (Å²) in [6, 6.07) is 17.5. The van der Waals surface area contributed by atoms with Crippen LogP contribution in [0.4, 0.5) is 0 Å². The summed E-state index contributed by atoms with van der Waals surface area (Å²) in [6.45, 7) is 5.24. The van der Waals surface area contributed by atoms with Gasteiger partial charge >= 0.3 is 0 Å². The summed E-state index contributed by atoms with van der Waals surface area (Å²) < 4.78 is 45.7. The number of benzene rings is 3. The first kappa shape index (κ1) is 35.7. The first-order valence-electron chi connectivity index (χ1n) is 15.7. The maximum Gasteiger partial charge on any atom is 0.203 e. The standard InChI is InChI=1S/C39H45NO8/c1-9-32-35(43-5)18-26(19-36(32)44-6)14-16-30-12-11-13-31(40-30)17-15-27-20-37(45-7)39(38(21-27)46-8)48-25-29-23-33(41-3)28(24-47-10-2)22-34(29)42-4/h11-23H,9-10,24-25H2,1-8H3. The molecule has 0 N–H and O–H groups in total. The van der Waals surface area contributed by atoms with Crippen LogP contribution >= 0.6 is 0 Å². The van der Waals surface area contributed by atoms with Crippen LogP contribution in [0.2, 0.25) is 0 Å². The van der Waals surface area contributed by atoms with Gasteiger partial charge in [-0.1, -0.05) is 25.1 Å². The quantitative estimate of drug-likeness (QED) is 0.112. The smallest absolute Gasteiger partial charge is 0.203 e. The highest BCUT2D eigenvalue weighted by Crippen LogP contribution is 2.40. The van der Waals surface area contributed by atoms with Gasteiger partial charge in [0.2, 0.25) is 5.75 Å². The molecule has 9 nitrogen and oxygen atoms in total. The summed E-state index contributed by atoms with van der Waals surface area (Å²) in [5.41, 5.74) is 6.16. The monoisotopic (exact) mass is 655 g/mol. The van der Waals surface area contributed by atoms with Crippen molar-refractivity contribution in [1.29, 1.82) is 0 Å². The van der Waals surface area contributed by atoms with E-state index in [-0.39, 0.29) is 6.61 Å². The van der Waals surface area contributed by atoms with Gasteiger partial charge in [-0.15, -0.1) is 0 Å². The van der Waals surface area contributed by atoms with Crippen LogP contribution in [0.15, 0.2) is 54.6 Å². The number of hydrogen-bond acceptors (Lipinski definition) is 9. The number of pyridine rings is 1. The average Bonchev–Trinajstić information content (AvgIpc) is 3.13. The van der Waals surface area contributed by atoms with Gasteiger partial charge in [-0.2, -0.15) is 0 Å². The van der Waals surface area contributed by atoms with Gasteiger partial charge in [-0.05, 0) is 85.2 Å². The molecule has 1 heterocycles. The van der Waals surface area contributed by atoms with Gasteiger partial charge in [0, 0.05) is 23.3 Å². The molecule has 0 saturated carbocycles. The highest BCUT2D eigenvalue weighted by Gasteiger charge is 2.17. The largest absolute Gasteiger partial charge is 0.496 e. The molecule has 0 fully saturated rings. The summed E-state index contributed by atoms with van der Waals surface area (Å²) in [7, 11) is 9.79. The van der Waals surface area contributed by atoms with E-state index in [1.165, 1.54) is 0 Å². The minimum Gasteiger partial charge on any atom is -0.496 e. The molecule has 0 unspecified atom stereocenters. The van der Waals surface area contributed by atoms with Crippen LogP contribution in [0.3, 0.4) is 0 Å². The van der Waals surface area contributed by atoms with Gasteiger partial charge in [-0.25, -0.2) is 4.98 Å². The Balaban J connectivity index is 1.54. The lowest BCUT2D eigenvalue weighted by atomic mass is 10.1. The highest BCUT2D eigenvalue weighted by atomic mass is 16.5. The van der Waals surface area contributed by atoms with Gasteiger partial charge < -0.3 is 37.9 Å². The maximum absolute atomic E-state index is 6.26. The third kappa shape index (κ3) is 8.80.